The van der Waals surface area contributed by atoms with Crippen LogP contribution in [0.4, 0.5) is 5.95 Å². The summed E-state index contributed by atoms with van der Waals surface area (Å²) < 4.78 is 26.5. The van der Waals surface area contributed by atoms with Crippen molar-refractivity contribution in [2.45, 2.75) is 31.8 Å². The average molecular weight is 464 g/mol. The molecule has 3 N–H and O–H groups in total. The Morgan fingerprint density at radius 2 is 1.91 bits per heavy atom. The first-order valence-electron chi connectivity index (χ1n) is 10.1. The molecule has 10 nitrogen and oxygen atoms in total. The van der Waals surface area contributed by atoms with E-state index in [-0.39, 0.29) is 10.8 Å². The highest BCUT2D eigenvalue weighted by molar-refractivity contribution is 7.89. The summed E-state index contributed by atoms with van der Waals surface area (Å²) >= 11 is 0. The normalized spacial score (nSPS) is 11.5. The Morgan fingerprint density at radius 3 is 2.55 bits per heavy atom. The maximum atomic E-state index is 13.0. The molecule has 2 aromatic carbocycles. The Balaban J connectivity index is 1.75. The molecule has 0 fully saturated rings. The molecule has 2 heterocycles. The lowest BCUT2D eigenvalue weighted by atomic mass is 10.2. The van der Waals surface area contributed by atoms with Gasteiger partial charge in [-0.25, -0.2) is 18.5 Å². The molecule has 0 bridgehead atoms. The van der Waals surface area contributed by atoms with Gasteiger partial charge in [0.1, 0.15) is 5.69 Å². The van der Waals surface area contributed by atoms with E-state index in [4.69, 9.17) is 5.14 Å². The number of anilines is 1. The molecule has 0 aliphatic carbocycles. The zero-order valence-electron chi connectivity index (χ0n) is 18.0. The highest BCUT2D eigenvalue weighted by Crippen LogP contribution is 2.24. The Hall–Kier alpha value is -4.01. The molecular formula is C22H21N7O3S. The van der Waals surface area contributed by atoms with Gasteiger partial charge in [0.2, 0.25) is 16.0 Å². The molecule has 4 rings (SSSR count). The van der Waals surface area contributed by atoms with Crippen LogP contribution in [0.5, 0.6) is 0 Å². The number of nitriles is 1. The molecule has 0 radical (unpaired) electrons. The van der Waals surface area contributed by atoms with E-state index in [9.17, 15) is 18.5 Å². The van der Waals surface area contributed by atoms with Gasteiger partial charge >= 0.3 is 0 Å². The minimum atomic E-state index is -3.80. The molecule has 0 saturated heterocycles. The monoisotopic (exact) mass is 463 g/mol. The average Bonchev–Trinajstić information content (AvgIpc) is 3.33. The number of nitrogens with zero attached hydrogens (tertiary/aromatic N) is 5. The molecule has 33 heavy (non-hydrogen) atoms. The number of nitrogens with one attached hydrogen (secondary N) is 1. The first kappa shape index (κ1) is 22.2. The smallest absolute Gasteiger partial charge is 0.276 e. The fourth-order valence-electron chi connectivity index (χ4n) is 3.56. The van der Waals surface area contributed by atoms with Crippen LogP contribution < -0.4 is 10.5 Å². The van der Waals surface area contributed by atoms with Crippen LogP contribution in [0.1, 0.15) is 34.2 Å². The summed E-state index contributed by atoms with van der Waals surface area (Å²) in [6, 6.07) is 15.0. The van der Waals surface area contributed by atoms with Crippen molar-refractivity contribution in [3.63, 3.8) is 0 Å². The van der Waals surface area contributed by atoms with Gasteiger partial charge in [-0.2, -0.15) is 10.4 Å². The van der Waals surface area contributed by atoms with E-state index in [1.165, 1.54) is 12.1 Å². The zero-order chi connectivity index (χ0) is 23.8. The molecule has 0 aliphatic rings. The molecule has 11 heteroatoms. The number of amides is 1. The number of sulfonamides is 1. The number of fused-ring (bicyclic) bond motifs is 1. The van der Waals surface area contributed by atoms with Gasteiger partial charge in [0.15, 0.2) is 0 Å². The van der Waals surface area contributed by atoms with Gasteiger partial charge in [-0.05, 0) is 55.8 Å². The Morgan fingerprint density at radius 1 is 1.18 bits per heavy atom. The first-order chi connectivity index (χ1) is 15.7. The van der Waals surface area contributed by atoms with Crippen molar-refractivity contribution < 1.29 is 13.2 Å². The highest BCUT2D eigenvalue weighted by atomic mass is 32.2. The zero-order valence-corrected chi connectivity index (χ0v) is 18.8. The number of imidazole rings is 1. The van der Waals surface area contributed by atoms with Crippen LogP contribution in [-0.4, -0.2) is 33.7 Å². The molecule has 0 unspecified atom stereocenters. The second-order valence-electron chi connectivity index (χ2n) is 7.47. The van der Waals surface area contributed by atoms with Crippen molar-refractivity contribution in [1.82, 2.24) is 19.3 Å². The van der Waals surface area contributed by atoms with Gasteiger partial charge in [-0.1, -0.05) is 12.1 Å². The summed E-state index contributed by atoms with van der Waals surface area (Å²) in [6.45, 7) is 4.55. The summed E-state index contributed by atoms with van der Waals surface area (Å²) in [4.78, 5) is 17.6. The second kappa shape index (κ2) is 8.50. The summed E-state index contributed by atoms with van der Waals surface area (Å²) in [7, 11) is -3.80. The number of carbonyl (C=O) groups excluding carboxylic acids is 1. The van der Waals surface area contributed by atoms with E-state index in [2.05, 4.69) is 21.5 Å². The number of aromatic nitrogens is 4. The Bertz CT molecular complexity index is 1510. The number of benzene rings is 2. The van der Waals surface area contributed by atoms with Crippen molar-refractivity contribution >= 4 is 32.9 Å². The van der Waals surface area contributed by atoms with Crippen LogP contribution in [0, 0.1) is 18.3 Å². The minimum absolute atomic E-state index is 0.0112. The number of primary sulfonamides is 1. The molecule has 0 atom stereocenters. The highest BCUT2D eigenvalue weighted by Gasteiger charge is 2.19. The van der Waals surface area contributed by atoms with Crippen LogP contribution in [-0.2, 0) is 23.1 Å². The van der Waals surface area contributed by atoms with Crippen molar-refractivity contribution in [1.29, 1.82) is 5.26 Å². The lowest BCUT2D eigenvalue weighted by molar-refractivity contribution is 0.101. The number of carbonyl (C=O) groups is 1. The van der Waals surface area contributed by atoms with Crippen molar-refractivity contribution in [2.24, 2.45) is 5.14 Å². The number of hydrogen-bond acceptors (Lipinski definition) is 6. The summed E-state index contributed by atoms with van der Waals surface area (Å²) in [5.41, 5.74) is 3.61. The van der Waals surface area contributed by atoms with E-state index in [0.29, 0.717) is 41.3 Å². The maximum absolute atomic E-state index is 13.0. The van der Waals surface area contributed by atoms with E-state index < -0.39 is 10.0 Å². The SMILES string of the molecule is CCn1nc(C)cc1C(=O)Nc1nc2cc(C#N)ccc2n1Cc1ccc(S(N)(=O)=O)cc1. The van der Waals surface area contributed by atoms with Gasteiger partial charge in [0.05, 0.1) is 39.8 Å². The third-order valence-corrected chi connectivity index (χ3v) is 6.06. The summed E-state index contributed by atoms with van der Waals surface area (Å²) in [5.74, 6) is -0.0683. The molecule has 0 aliphatic heterocycles. The van der Waals surface area contributed by atoms with Gasteiger partial charge in [-0.3, -0.25) is 14.8 Å². The fourth-order valence-corrected chi connectivity index (χ4v) is 4.07. The van der Waals surface area contributed by atoms with Crippen molar-refractivity contribution in [2.75, 3.05) is 5.32 Å². The van der Waals surface area contributed by atoms with Crippen LogP contribution >= 0.6 is 0 Å². The van der Waals surface area contributed by atoms with Gasteiger partial charge in [0.25, 0.3) is 5.91 Å². The third kappa shape index (κ3) is 4.48. The molecule has 4 aromatic rings. The molecule has 0 saturated carbocycles. The summed E-state index contributed by atoms with van der Waals surface area (Å²) in [6.07, 6.45) is 0. The quantitative estimate of drug-likeness (QED) is 0.448. The van der Waals surface area contributed by atoms with Gasteiger partial charge < -0.3 is 4.57 Å². The number of nitrogens with two attached hydrogens (primary N) is 1. The van der Waals surface area contributed by atoms with Crippen molar-refractivity contribution in [3.05, 3.63) is 71.0 Å². The number of aryl methyl sites for hydroxylation is 2. The maximum Gasteiger partial charge on any atom is 0.276 e. The topological polar surface area (TPSA) is 149 Å². The predicted molar refractivity (Wildman–Crippen MR) is 122 cm³/mol. The Kier molecular flexibility index (Phi) is 5.71. The van der Waals surface area contributed by atoms with Crippen LogP contribution in [0.3, 0.4) is 0 Å². The largest absolute Gasteiger partial charge is 0.305 e. The Labute approximate surface area is 190 Å². The van der Waals surface area contributed by atoms with Crippen LogP contribution in [0.15, 0.2) is 53.4 Å². The van der Waals surface area contributed by atoms with Gasteiger partial charge in [0, 0.05) is 6.54 Å². The molecular weight excluding hydrogens is 442 g/mol. The standard InChI is InChI=1S/C22H21N7O3S/c1-3-29-20(10-14(2)27-29)21(30)26-22-25-18-11-16(12-23)6-9-19(18)28(22)13-15-4-7-17(8-5-15)33(24,31)32/h4-11H,3,13H2,1-2H3,(H2,24,31,32)(H,25,26,30). The molecule has 0 spiro atoms. The lowest BCUT2D eigenvalue weighted by Crippen LogP contribution is -2.20. The predicted octanol–water partition coefficient (Wildman–Crippen LogP) is 2.38. The van der Waals surface area contributed by atoms with Crippen molar-refractivity contribution in [3.8, 4) is 6.07 Å². The van der Waals surface area contributed by atoms with Crippen LogP contribution in [0.25, 0.3) is 11.0 Å². The summed E-state index contributed by atoms with van der Waals surface area (Å²) in [5, 5.41) is 21.6. The number of hydrogen-bond donors (Lipinski definition) is 2. The van der Waals surface area contributed by atoms with E-state index in [1.807, 2.05) is 13.8 Å². The fraction of sp³-hybridized carbons (Fsp3) is 0.182. The lowest BCUT2D eigenvalue weighted by Gasteiger charge is -2.11. The van der Waals surface area contributed by atoms with E-state index in [1.54, 1.807) is 45.6 Å². The van der Waals surface area contributed by atoms with E-state index in [0.717, 1.165) is 11.3 Å². The molecule has 1 amide bonds. The minimum Gasteiger partial charge on any atom is -0.305 e. The molecule has 168 valence electrons. The van der Waals surface area contributed by atoms with Crippen LogP contribution in [0.2, 0.25) is 0 Å². The first-order valence-corrected chi connectivity index (χ1v) is 11.6. The molecule has 2 aromatic heterocycles. The third-order valence-electron chi connectivity index (χ3n) is 5.13. The number of rotatable bonds is 6. The van der Waals surface area contributed by atoms with E-state index >= 15 is 0 Å². The second-order valence-corrected chi connectivity index (χ2v) is 9.03. The van der Waals surface area contributed by atoms with Gasteiger partial charge in [-0.15, -0.1) is 0 Å².